The fraction of sp³-hybridized carbons (Fsp3) is 0.786. The van der Waals surface area contributed by atoms with Crippen LogP contribution in [0.1, 0.15) is 48.0 Å². The van der Waals surface area contributed by atoms with Crippen molar-refractivity contribution in [3.63, 3.8) is 0 Å². The van der Waals surface area contributed by atoms with E-state index in [4.69, 9.17) is 0 Å². The maximum atomic E-state index is 11.3. The van der Waals surface area contributed by atoms with E-state index in [9.17, 15) is 4.79 Å². The van der Waals surface area contributed by atoms with E-state index in [0.29, 0.717) is 11.8 Å². The highest BCUT2D eigenvalue weighted by Gasteiger charge is 2.23. The van der Waals surface area contributed by atoms with Crippen LogP contribution in [0, 0.1) is 11.8 Å². The third-order valence-electron chi connectivity index (χ3n) is 2.89. The smallest absolute Gasteiger partial charge is 0.245 e. The van der Waals surface area contributed by atoms with Crippen LogP contribution in [-0.2, 0) is 4.79 Å². The molecule has 2 nitrogen and oxygen atoms in total. The second kappa shape index (κ2) is 11.8. The monoisotopic (exact) mass is 238 g/mol. The average Bonchev–Trinajstić information content (AvgIpc) is 2.30. The van der Waals surface area contributed by atoms with Crippen LogP contribution in [0.4, 0.5) is 0 Å². The summed E-state index contributed by atoms with van der Waals surface area (Å²) < 4.78 is 0. The lowest BCUT2D eigenvalue weighted by Gasteiger charge is -2.34. The predicted molar refractivity (Wildman–Crippen MR) is 78.2 cm³/mol. The van der Waals surface area contributed by atoms with Gasteiger partial charge in [-0.2, -0.15) is 0 Å². The topological polar surface area (TPSA) is 20.3 Å². The summed E-state index contributed by atoms with van der Waals surface area (Å²) in [5, 5.41) is 0. The number of rotatable bonds is 2. The Kier molecular flexibility index (Phi) is 14.9. The first kappa shape index (κ1) is 21.5. The van der Waals surface area contributed by atoms with Crippen LogP contribution in [0.25, 0.3) is 0 Å². The molecule has 1 saturated heterocycles. The summed E-state index contributed by atoms with van der Waals surface area (Å²) in [4.78, 5) is 13.3. The second-order valence-electron chi connectivity index (χ2n) is 4.13. The van der Waals surface area contributed by atoms with E-state index in [-0.39, 0.29) is 21.7 Å². The lowest BCUT2D eigenvalue weighted by Crippen LogP contribution is -2.40. The van der Waals surface area contributed by atoms with Crippen LogP contribution in [0.2, 0.25) is 0 Å². The number of nitrogens with zero attached hydrogens (tertiary/aromatic N) is 1. The quantitative estimate of drug-likeness (QED) is 0.533. The summed E-state index contributed by atoms with van der Waals surface area (Å²) in [5.41, 5.74) is 0. The van der Waals surface area contributed by atoms with Crippen molar-refractivity contribution in [2.24, 2.45) is 11.8 Å². The van der Waals surface area contributed by atoms with Gasteiger partial charge in [0.25, 0.3) is 0 Å². The summed E-state index contributed by atoms with van der Waals surface area (Å²) in [5.74, 6) is 1.45. The van der Waals surface area contributed by atoms with E-state index in [0.717, 1.165) is 19.5 Å². The van der Waals surface area contributed by atoms with Crippen LogP contribution in [0.3, 0.4) is 0 Å². The molecule has 1 amide bonds. The minimum Gasteiger partial charge on any atom is -0.339 e. The van der Waals surface area contributed by atoms with Crippen LogP contribution in [0.5, 0.6) is 0 Å². The molecule has 0 saturated carbocycles. The van der Waals surface area contributed by atoms with E-state index < -0.39 is 0 Å². The Morgan fingerprint density at radius 2 is 1.94 bits per heavy atom. The number of likely N-dealkylation sites (tertiary alicyclic amines) is 1. The summed E-state index contributed by atoms with van der Waals surface area (Å²) >= 11 is 0. The lowest BCUT2D eigenvalue weighted by molar-refractivity contribution is -0.128. The van der Waals surface area contributed by atoms with Gasteiger partial charge in [0, 0.05) is 21.5 Å². The third kappa shape index (κ3) is 7.25. The minimum absolute atomic E-state index is 0. The van der Waals surface area contributed by atoms with Crippen molar-refractivity contribution < 1.29 is 4.79 Å². The first-order valence-corrected chi connectivity index (χ1v) is 6.06. The Morgan fingerprint density at radius 1 is 1.41 bits per heavy atom. The molecule has 0 spiro atoms. The Morgan fingerprint density at radius 3 is 2.35 bits per heavy atom. The van der Waals surface area contributed by atoms with Gasteiger partial charge in [0.05, 0.1) is 0 Å². The average molecular weight is 238 g/mol. The summed E-state index contributed by atoms with van der Waals surface area (Å²) in [6.07, 6.45) is 3.82. The van der Waals surface area contributed by atoms with E-state index in [1.807, 2.05) is 18.7 Å². The molecule has 1 rings (SSSR count). The van der Waals surface area contributed by atoms with Gasteiger partial charge < -0.3 is 4.90 Å². The van der Waals surface area contributed by atoms with E-state index in [2.05, 4.69) is 20.4 Å². The maximum absolute atomic E-state index is 11.3. The summed E-state index contributed by atoms with van der Waals surface area (Å²) in [6.45, 7) is 13.8. The zero-order valence-electron chi connectivity index (χ0n) is 11.2. The molecular weight excluding hydrogens is 209 g/mol. The molecular formula is C14H29BNO. The van der Waals surface area contributed by atoms with Gasteiger partial charge in [0.1, 0.15) is 0 Å². The summed E-state index contributed by atoms with van der Waals surface area (Å²) in [7, 11) is 0. The fourth-order valence-electron chi connectivity index (χ4n) is 1.88. The van der Waals surface area contributed by atoms with Crippen molar-refractivity contribution in [3.05, 3.63) is 12.7 Å². The van der Waals surface area contributed by atoms with Crippen LogP contribution < -0.4 is 0 Å². The molecule has 17 heavy (non-hydrogen) atoms. The zero-order chi connectivity index (χ0) is 11.8. The lowest BCUT2D eigenvalue weighted by atomic mass is 9.88. The Labute approximate surface area is 110 Å². The SMILES string of the molecule is C.C=CC(=O)N1CCCC(C(C)C)C1.CC.[B]. The van der Waals surface area contributed by atoms with Gasteiger partial charge in [-0.15, -0.1) is 0 Å². The molecule has 3 heteroatoms. The molecule has 0 bridgehead atoms. The highest BCUT2D eigenvalue weighted by molar-refractivity contribution is 5.87. The molecule has 3 radical (unpaired) electrons. The molecule has 1 heterocycles. The standard InChI is InChI=1S/C11H19NO.C2H6.CH4.B/c1-4-11(13)12-7-5-6-10(8-12)9(2)3;1-2;;/h4,9-10H,1,5-8H2,2-3H3;1-2H3;1H4;. The Hall–Kier alpha value is -0.725. The molecule has 0 aliphatic carbocycles. The van der Waals surface area contributed by atoms with Gasteiger partial charge in [0.15, 0.2) is 0 Å². The number of carbonyl (C=O) groups excluding carboxylic acids is 1. The van der Waals surface area contributed by atoms with Crippen molar-refractivity contribution in [1.29, 1.82) is 0 Å². The van der Waals surface area contributed by atoms with E-state index >= 15 is 0 Å². The van der Waals surface area contributed by atoms with Crippen LogP contribution in [0.15, 0.2) is 12.7 Å². The number of amides is 1. The fourth-order valence-corrected chi connectivity index (χ4v) is 1.88. The normalized spacial score (nSPS) is 18.2. The maximum Gasteiger partial charge on any atom is 0.245 e. The number of hydrogen-bond acceptors (Lipinski definition) is 1. The Bertz CT molecular complexity index is 204. The van der Waals surface area contributed by atoms with Gasteiger partial charge in [-0.05, 0) is 30.8 Å². The van der Waals surface area contributed by atoms with Crippen LogP contribution in [-0.4, -0.2) is 32.3 Å². The molecule has 1 unspecified atom stereocenters. The molecule has 0 aromatic carbocycles. The van der Waals surface area contributed by atoms with Crippen molar-refractivity contribution in [1.82, 2.24) is 4.90 Å². The van der Waals surface area contributed by atoms with Crippen LogP contribution >= 0.6 is 0 Å². The molecule has 1 aliphatic rings. The van der Waals surface area contributed by atoms with Gasteiger partial charge in [0.2, 0.25) is 5.91 Å². The molecule has 0 N–H and O–H groups in total. The first-order valence-electron chi connectivity index (χ1n) is 6.06. The zero-order valence-corrected chi connectivity index (χ0v) is 11.2. The minimum atomic E-state index is 0. The predicted octanol–water partition coefficient (Wildman–Crippen LogP) is 3.35. The molecule has 0 aromatic rings. The van der Waals surface area contributed by atoms with Crippen molar-refractivity contribution in [3.8, 4) is 0 Å². The Balaban J connectivity index is -0.000000464. The van der Waals surface area contributed by atoms with Crippen molar-refractivity contribution in [2.45, 2.75) is 48.0 Å². The van der Waals surface area contributed by atoms with Gasteiger partial charge >= 0.3 is 0 Å². The number of hydrogen-bond donors (Lipinski definition) is 0. The highest BCUT2D eigenvalue weighted by Crippen LogP contribution is 2.23. The molecule has 1 fully saturated rings. The highest BCUT2D eigenvalue weighted by atomic mass is 16.2. The molecule has 1 atom stereocenters. The number of piperidine rings is 1. The molecule has 99 valence electrons. The van der Waals surface area contributed by atoms with Gasteiger partial charge in [-0.3, -0.25) is 4.79 Å². The van der Waals surface area contributed by atoms with E-state index in [1.54, 1.807) is 0 Å². The van der Waals surface area contributed by atoms with E-state index in [1.165, 1.54) is 12.5 Å². The summed E-state index contributed by atoms with van der Waals surface area (Å²) in [6, 6.07) is 0. The first-order chi connectivity index (χ1) is 7.15. The molecule has 0 aromatic heterocycles. The molecule has 1 aliphatic heterocycles. The van der Waals surface area contributed by atoms with Gasteiger partial charge in [-0.1, -0.05) is 41.7 Å². The third-order valence-corrected chi connectivity index (χ3v) is 2.89. The number of carbonyl (C=O) groups is 1. The van der Waals surface area contributed by atoms with Crippen molar-refractivity contribution in [2.75, 3.05) is 13.1 Å². The van der Waals surface area contributed by atoms with Crippen molar-refractivity contribution >= 4 is 14.3 Å². The van der Waals surface area contributed by atoms with Gasteiger partial charge in [-0.25, -0.2) is 0 Å². The second-order valence-corrected chi connectivity index (χ2v) is 4.13. The largest absolute Gasteiger partial charge is 0.339 e.